The van der Waals surface area contributed by atoms with Gasteiger partial charge in [0.2, 0.25) is 0 Å². The maximum atomic E-state index is 12.1. The van der Waals surface area contributed by atoms with Crippen LogP contribution in [0.25, 0.3) is 0 Å². The highest BCUT2D eigenvalue weighted by atomic mass is 16.6. The summed E-state index contributed by atoms with van der Waals surface area (Å²) >= 11 is 0. The van der Waals surface area contributed by atoms with Gasteiger partial charge in [-0.1, -0.05) is 37.3 Å². The SMILES string of the molecule is CCC(C)(NC(=O)OC(C)(C)C)[C@H](NCCc1ccccc1)C(=O)O. The van der Waals surface area contributed by atoms with Gasteiger partial charge in [0.25, 0.3) is 0 Å². The van der Waals surface area contributed by atoms with Gasteiger partial charge in [0.05, 0.1) is 5.54 Å². The molecule has 0 spiro atoms. The summed E-state index contributed by atoms with van der Waals surface area (Å²) in [6, 6.07) is 8.91. The minimum atomic E-state index is -1.01. The normalized spacial score (nSPS) is 15.1. The van der Waals surface area contributed by atoms with E-state index in [4.69, 9.17) is 4.74 Å². The first-order valence-corrected chi connectivity index (χ1v) is 8.58. The van der Waals surface area contributed by atoms with Crippen LogP contribution < -0.4 is 10.6 Å². The Bertz CT molecular complexity index is 569. The molecular formula is C19H30N2O4. The van der Waals surface area contributed by atoms with Crippen LogP contribution in [0.15, 0.2) is 30.3 Å². The Kier molecular flexibility index (Phi) is 7.42. The van der Waals surface area contributed by atoms with Gasteiger partial charge < -0.3 is 20.5 Å². The molecule has 0 aliphatic heterocycles. The zero-order valence-electron chi connectivity index (χ0n) is 15.8. The van der Waals surface area contributed by atoms with Crippen molar-refractivity contribution in [3.05, 3.63) is 35.9 Å². The molecule has 0 saturated heterocycles. The molecule has 1 unspecified atom stereocenters. The molecule has 140 valence electrons. The Labute approximate surface area is 150 Å². The highest BCUT2D eigenvalue weighted by Gasteiger charge is 2.39. The fourth-order valence-corrected chi connectivity index (χ4v) is 2.49. The van der Waals surface area contributed by atoms with E-state index in [0.717, 1.165) is 5.56 Å². The number of rotatable bonds is 8. The molecular weight excluding hydrogens is 320 g/mol. The predicted molar refractivity (Wildman–Crippen MR) is 97.6 cm³/mol. The summed E-state index contributed by atoms with van der Waals surface area (Å²) in [5.41, 5.74) is -0.485. The summed E-state index contributed by atoms with van der Waals surface area (Å²) in [7, 11) is 0. The number of hydrogen-bond acceptors (Lipinski definition) is 4. The molecule has 3 N–H and O–H groups in total. The number of aliphatic carboxylic acids is 1. The summed E-state index contributed by atoms with van der Waals surface area (Å²) in [5.74, 6) is -1.01. The lowest BCUT2D eigenvalue weighted by Crippen LogP contribution is -2.63. The molecule has 6 nitrogen and oxygen atoms in total. The van der Waals surface area contributed by atoms with Crippen LogP contribution >= 0.6 is 0 Å². The van der Waals surface area contributed by atoms with Gasteiger partial charge in [-0.3, -0.25) is 4.79 Å². The minimum Gasteiger partial charge on any atom is -0.480 e. The van der Waals surface area contributed by atoms with E-state index in [1.165, 1.54) is 0 Å². The maximum absolute atomic E-state index is 12.1. The first-order chi connectivity index (χ1) is 11.6. The van der Waals surface area contributed by atoms with Gasteiger partial charge in [-0.15, -0.1) is 0 Å². The van der Waals surface area contributed by atoms with Crippen LogP contribution in [0.2, 0.25) is 0 Å². The molecule has 1 amide bonds. The Morgan fingerprint density at radius 3 is 2.24 bits per heavy atom. The maximum Gasteiger partial charge on any atom is 0.408 e. The van der Waals surface area contributed by atoms with Gasteiger partial charge in [0.15, 0.2) is 0 Å². The van der Waals surface area contributed by atoms with E-state index >= 15 is 0 Å². The lowest BCUT2D eigenvalue weighted by atomic mass is 9.89. The molecule has 6 heteroatoms. The quantitative estimate of drug-likeness (QED) is 0.671. The smallest absolute Gasteiger partial charge is 0.408 e. The fraction of sp³-hybridized carbons (Fsp3) is 0.579. The van der Waals surface area contributed by atoms with Crippen molar-refractivity contribution in [2.45, 2.75) is 64.6 Å². The first kappa shape index (κ1) is 21.0. The van der Waals surface area contributed by atoms with Crippen LogP contribution in [0.3, 0.4) is 0 Å². The Hall–Kier alpha value is -2.08. The molecule has 1 rings (SSSR count). The largest absolute Gasteiger partial charge is 0.480 e. The van der Waals surface area contributed by atoms with Gasteiger partial charge in [0.1, 0.15) is 11.6 Å². The molecule has 1 aromatic carbocycles. The third-order valence-corrected chi connectivity index (χ3v) is 4.01. The van der Waals surface area contributed by atoms with Crippen molar-refractivity contribution >= 4 is 12.1 Å². The summed E-state index contributed by atoms with van der Waals surface area (Å²) in [6.45, 7) is 9.35. The second-order valence-corrected chi connectivity index (χ2v) is 7.36. The van der Waals surface area contributed by atoms with E-state index in [1.807, 2.05) is 37.3 Å². The van der Waals surface area contributed by atoms with Crippen LogP contribution in [0.1, 0.15) is 46.6 Å². The number of carbonyl (C=O) groups excluding carboxylic acids is 1. The van der Waals surface area contributed by atoms with Gasteiger partial charge in [-0.2, -0.15) is 0 Å². The van der Waals surface area contributed by atoms with E-state index in [9.17, 15) is 14.7 Å². The topological polar surface area (TPSA) is 87.7 Å². The molecule has 2 atom stereocenters. The van der Waals surface area contributed by atoms with Crippen molar-refractivity contribution in [2.24, 2.45) is 0 Å². The number of alkyl carbamates (subject to hydrolysis) is 1. The number of carbonyl (C=O) groups is 2. The van der Waals surface area contributed by atoms with Crippen LogP contribution in [-0.4, -0.2) is 40.9 Å². The zero-order chi connectivity index (χ0) is 19.1. The number of nitrogens with one attached hydrogen (secondary N) is 2. The fourth-order valence-electron chi connectivity index (χ4n) is 2.49. The highest BCUT2D eigenvalue weighted by Crippen LogP contribution is 2.17. The van der Waals surface area contributed by atoms with E-state index in [2.05, 4.69) is 10.6 Å². The number of carboxylic acid groups (broad SMARTS) is 1. The van der Waals surface area contributed by atoms with Gasteiger partial charge in [0, 0.05) is 6.54 Å². The molecule has 0 aliphatic rings. The van der Waals surface area contributed by atoms with Crippen molar-refractivity contribution in [2.75, 3.05) is 6.54 Å². The van der Waals surface area contributed by atoms with E-state index < -0.39 is 29.2 Å². The van der Waals surface area contributed by atoms with Crippen LogP contribution in [0.5, 0.6) is 0 Å². The van der Waals surface area contributed by atoms with Crippen molar-refractivity contribution in [1.29, 1.82) is 0 Å². The number of carboxylic acids is 1. The molecule has 0 bridgehead atoms. The molecule has 0 radical (unpaired) electrons. The molecule has 0 fully saturated rings. The standard InChI is InChI=1S/C19H30N2O4/c1-6-19(5,21-17(24)25-18(2,3)4)15(16(22)23)20-13-12-14-10-8-7-9-11-14/h7-11,15,20H,6,12-13H2,1-5H3,(H,21,24)(H,22,23)/t15-,19?/m1/s1. The van der Waals surface area contributed by atoms with Crippen LogP contribution in [-0.2, 0) is 16.0 Å². The van der Waals surface area contributed by atoms with Crippen molar-refractivity contribution in [3.8, 4) is 0 Å². The van der Waals surface area contributed by atoms with Crippen molar-refractivity contribution < 1.29 is 19.4 Å². The molecule has 0 saturated carbocycles. The van der Waals surface area contributed by atoms with E-state index in [0.29, 0.717) is 19.4 Å². The summed E-state index contributed by atoms with van der Waals surface area (Å²) in [6.07, 6.45) is 0.534. The Balaban J connectivity index is 2.74. The lowest BCUT2D eigenvalue weighted by molar-refractivity contribution is -0.141. The second-order valence-electron chi connectivity index (χ2n) is 7.36. The Morgan fingerprint density at radius 2 is 1.76 bits per heavy atom. The molecule has 25 heavy (non-hydrogen) atoms. The van der Waals surface area contributed by atoms with Crippen LogP contribution in [0, 0.1) is 0 Å². The Morgan fingerprint density at radius 1 is 1.16 bits per heavy atom. The predicted octanol–water partition coefficient (Wildman–Crippen LogP) is 2.97. The third kappa shape index (κ3) is 7.13. The van der Waals surface area contributed by atoms with E-state index in [1.54, 1.807) is 27.7 Å². The second kappa shape index (κ2) is 8.85. The first-order valence-electron chi connectivity index (χ1n) is 8.58. The monoisotopic (exact) mass is 350 g/mol. The highest BCUT2D eigenvalue weighted by molar-refractivity contribution is 5.77. The van der Waals surface area contributed by atoms with Crippen molar-refractivity contribution in [3.63, 3.8) is 0 Å². The zero-order valence-corrected chi connectivity index (χ0v) is 15.8. The number of ether oxygens (including phenoxy) is 1. The van der Waals surface area contributed by atoms with Crippen LogP contribution in [0.4, 0.5) is 4.79 Å². The van der Waals surface area contributed by atoms with Gasteiger partial charge in [-0.25, -0.2) is 4.79 Å². The molecule has 0 heterocycles. The van der Waals surface area contributed by atoms with Crippen molar-refractivity contribution in [1.82, 2.24) is 10.6 Å². The number of benzene rings is 1. The van der Waals surface area contributed by atoms with Gasteiger partial charge in [-0.05, 0) is 46.1 Å². The summed E-state index contributed by atoms with van der Waals surface area (Å²) in [4.78, 5) is 23.9. The average molecular weight is 350 g/mol. The summed E-state index contributed by atoms with van der Waals surface area (Å²) < 4.78 is 5.27. The van der Waals surface area contributed by atoms with E-state index in [-0.39, 0.29) is 0 Å². The summed E-state index contributed by atoms with van der Waals surface area (Å²) in [5, 5.41) is 15.4. The number of amides is 1. The lowest BCUT2D eigenvalue weighted by Gasteiger charge is -2.36. The minimum absolute atomic E-state index is 0.446. The molecule has 0 aromatic heterocycles. The third-order valence-electron chi connectivity index (χ3n) is 4.01. The average Bonchev–Trinajstić information content (AvgIpc) is 2.50. The number of hydrogen-bond donors (Lipinski definition) is 3. The molecule has 1 aromatic rings. The van der Waals surface area contributed by atoms with Gasteiger partial charge >= 0.3 is 12.1 Å². The molecule has 0 aliphatic carbocycles.